The van der Waals surface area contributed by atoms with Gasteiger partial charge in [0.05, 0.1) is 18.2 Å². The van der Waals surface area contributed by atoms with E-state index in [1.807, 2.05) is 0 Å². The van der Waals surface area contributed by atoms with Crippen molar-refractivity contribution in [1.82, 2.24) is 10.3 Å². The van der Waals surface area contributed by atoms with Gasteiger partial charge in [-0.15, -0.1) is 0 Å². The van der Waals surface area contributed by atoms with Crippen LogP contribution in [0.1, 0.15) is 28.8 Å². The third-order valence-electron chi connectivity index (χ3n) is 2.81. The molecule has 0 radical (unpaired) electrons. The monoisotopic (exact) mass is 260 g/mol. The van der Waals surface area contributed by atoms with Crippen molar-refractivity contribution in [3.8, 4) is 11.8 Å². The minimum atomic E-state index is -0.212. The maximum Gasteiger partial charge on any atom is 0.253 e. The largest absolute Gasteiger partial charge is 0.384 e. The highest BCUT2D eigenvalue weighted by atomic mass is 16.5. The molecule has 5 nitrogen and oxygen atoms in total. The van der Waals surface area contributed by atoms with E-state index >= 15 is 0 Å². The number of pyridine rings is 1. The summed E-state index contributed by atoms with van der Waals surface area (Å²) in [6.45, 7) is 1.11. The van der Waals surface area contributed by atoms with Gasteiger partial charge in [-0.05, 0) is 18.9 Å². The number of nitrogens with one attached hydrogen (secondary N) is 1. The smallest absolute Gasteiger partial charge is 0.253 e. The van der Waals surface area contributed by atoms with E-state index < -0.39 is 0 Å². The lowest BCUT2D eigenvalue weighted by Gasteiger charge is -2.23. The van der Waals surface area contributed by atoms with Crippen molar-refractivity contribution in [2.24, 2.45) is 0 Å². The topological polar surface area (TPSA) is 71.5 Å². The quantitative estimate of drug-likeness (QED) is 0.752. The van der Waals surface area contributed by atoms with Crippen LogP contribution >= 0.6 is 0 Å². The van der Waals surface area contributed by atoms with Crippen LogP contribution in [-0.2, 0) is 4.74 Å². The number of hydrogen-bond acceptors (Lipinski definition) is 4. The molecule has 1 aliphatic heterocycles. The normalized spacial score (nSPS) is 18.3. The van der Waals surface area contributed by atoms with Gasteiger partial charge in [0, 0.05) is 24.6 Å². The number of aromatic nitrogens is 1. The highest BCUT2D eigenvalue weighted by Crippen LogP contribution is 2.08. The van der Waals surface area contributed by atoms with E-state index in [1.54, 1.807) is 12.3 Å². The Morgan fingerprint density at radius 2 is 2.47 bits per heavy atom. The number of hydrogen-bond donors (Lipinski definition) is 2. The Morgan fingerprint density at radius 3 is 3.21 bits per heavy atom. The molecule has 1 unspecified atom stereocenters. The summed E-state index contributed by atoms with van der Waals surface area (Å²) in [4.78, 5) is 16.0. The molecule has 0 saturated carbocycles. The zero-order chi connectivity index (χ0) is 13.5. The first-order valence-electron chi connectivity index (χ1n) is 6.23. The molecule has 1 saturated heterocycles. The molecular weight excluding hydrogens is 244 g/mol. The third kappa shape index (κ3) is 4.05. The van der Waals surface area contributed by atoms with Crippen LogP contribution in [0.3, 0.4) is 0 Å². The second-order valence-corrected chi connectivity index (χ2v) is 4.31. The van der Waals surface area contributed by atoms with E-state index in [1.165, 1.54) is 6.20 Å². The highest BCUT2D eigenvalue weighted by molar-refractivity contribution is 5.94. The SMILES string of the molecule is O=C(NC1CCCOC1)c1cncc(C#CCO)c1. The van der Waals surface area contributed by atoms with Gasteiger partial charge in [0.2, 0.25) is 0 Å². The van der Waals surface area contributed by atoms with E-state index in [2.05, 4.69) is 22.1 Å². The van der Waals surface area contributed by atoms with Crippen molar-refractivity contribution in [2.45, 2.75) is 18.9 Å². The van der Waals surface area contributed by atoms with Gasteiger partial charge >= 0.3 is 0 Å². The lowest BCUT2D eigenvalue weighted by Crippen LogP contribution is -2.40. The molecule has 19 heavy (non-hydrogen) atoms. The molecule has 1 amide bonds. The number of carbonyl (C=O) groups excluding carboxylic acids is 1. The summed E-state index contributed by atoms with van der Waals surface area (Å²) in [5.41, 5.74) is 1.08. The molecule has 1 aromatic heterocycles. The summed E-state index contributed by atoms with van der Waals surface area (Å²) in [6, 6.07) is 1.72. The number of rotatable bonds is 2. The van der Waals surface area contributed by atoms with E-state index in [0.29, 0.717) is 17.7 Å². The van der Waals surface area contributed by atoms with Crippen LogP contribution in [0.2, 0.25) is 0 Å². The van der Waals surface area contributed by atoms with Gasteiger partial charge in [0.15, 0.2) is 0 Å². The first-order chi connectivity index (χ1) is 9.29. The fourth-order valence-corrected chi connectivity index (χ4v) is 1.90. The van der Waals surface area contributed by atoms with Crippen molar-refractivity contribution in [1.29, 1.82) is 0 Å². The molecule has 0 spiro atoms. The number of ether oxygens (including phenoxy) is 1. The Balaban J connectivity index is 2.01. The summed E-state index contributed by atoms with van der Waals surface area (Å²) in [5.74, 6) is 5.08. The minimum Gasteiger partial charge on any atom is -0.384 e. The molecule has 1 aliphatic rings. The van der Waals surface area contributed by atoms with Gasteiger partial charge in [-0.2, -0.15) is 0 Å². The molecule has 2 heterocycles. The van der Waals surface area contributed by atoms with E-state index in [-0.39, 0.29) is 18.6 Å². The van der Waals surface area contributed by atoms with Gasteiger partial charge in [-0.25, -0.2) is 0 Å². The fraction of sp³-hybridized carbons (Fsp3) is 0.429. The minimum absolute atomic E-state index is 0.0634. The van der Waals surface area contributed by atoms with Crippen LogP contribution in [0.4, 0.5) is 0 Å². The number of aliphatic hydroxyl groups excluding tert-OH is 1. The van der Waals surface area contributed by atoms with Gasteiger partial charge in [-0.1, -0.05) is 11.8 Å². The zero-order valence-corrected chi connectivity index (χ0v) is 10.6. The Kier molecular flexibility index (Phi) is 4.90. The summed E-state index contributed by atoms with van der Waals surface area (Å²) in [7, 11) is 0. The van der Waals surface area contributed by atoms with E-state index in [0.717, 1.165) is 19.4 Å². The van der Waals surface area contributed by atoms with Crippen molar-refractivity contribution < 1.29 is 14.6 Å². The Hall–Kier alpha value is -1.90. The van der Waals surface area contributed by atoms with Crippen LogP contribution in [0.5, 0.6) is 0 Å². The van der Waals surface area contributed by atoms with Crippen LogP contribution in [0.15, 0.2) is 18.5 Å². The highest BCUT2D eigenvalue weighted by Gasteiger charge is 2.17. The van der Waals surface area contributed by atoms with Crippen LogP contribution in [-0.4, -0.2) is 41.9 Å². The first-order valence-corrected chi connectivity index (χ1v) is 6.23. The maximum atomic E-state index is 12.0. The molecular formula is C14H16N2O3. The Labute approximate surface area is 112 Å². The predicted octanol–water partition coefficient (Wildman–Crippen LogP) is 0.334. The molecule has 0 aliphatic carbocycles. The molecule has 1 fully saturated rings. The number of carbonyl (C=O) groups is 1. The Morgan fingerprint density at radius 1 is 1.58 bits per heavy atom. The molecule has 1 atom stereocenters. The molecule has 100 valence electrons. The van der Waals surface area contributed by atoms with Gasteiger partial charge in [-0.3, -0.25) is 9.78 Å². The van der Waals surface area contributed by atoms with Crippen molar-refractivity contribution >= 4 is 5.91 Å². The van der Waals surface area contributed by atoms with Gasteiger partial charge in [0.1, 0.15) is 6.61 Å². The van der Waals surface area contributed by atoms with Crippen molar-refractivity contribution in [2.75, 3.05) is 19.8 Å². The summed E-state index contributed by atoms with van der Waals surface area (Å²) < 4.78 is 5.32. The fourth-order valence-electron chi connectivity index (χ4n) is 1.90. The zero-order valence-electron chi connectivity index (χ0n) is 10.6. The maximum absolute atomic E-state index is 12.0. The first kappa shape index (κ1) is 13.5. The third-order valence-corrected chi connectivity index (χ3v) is 2.81. The number of aliphatic hydroxyl groups is 1. The molecule has 2 rings (SSSR count). The summed E-state index contributed by atoms with van der Waals surface area (Å²) in [6.07, 6.45) is 4.96. The van der Waals surface area contributed by atoms with E-state index in [9.17, 15) is 4.79 Å². The van der Waals surface area contributed by atoms with Crippen LogP contribution < -0.4 is 5.32 Å². The summed E-state index contributed by atoms with van der Waals surface area (Å²) in [5, 5.41) is 11.6. The number of amides is 1. The molecule has 1 aromatic rings. The average Bonchev–Trinajstić information content (AvgIpc) is 2.46. The predicted molar refractivity (Wildman–Crippen MR) is 69.5 cm³/mol. The van der Waals surface area contributed by atoms with Gasteiger partial charge in [0.25, 0.3) is 5.91 Å². The Bertz CT molecular complexity index is 499. The lowest BCUT2D eigenvalue weighted by molar-refractivity contribution is 0.0624. The van der Waals surface area contributed by atoms with Crippen LogP contribution in [0, 0.1) is 11.8 Å². The second-order valence-electron chi connectivity index (χ2n) is 4.31. The standard InChI is InChI=1S/C14H16N2O3/c17-5-1-3-11-7-12(9-15-8-11)14(18)16-13-4-2-6-19-10-13/h7-9,13,17H,2,4-6,10H2,(H,16,18). The van der Waals surface area contributed by atoms with Crippen LogP contribution in [0.25, 0.3) is 0 Å². The van der Waals surface area contributed by atoms with Gasteiger partial charge < -0.3 is 15.2 Å². The molecule has 0 bridgehead atoms. The molecule has 5 heteroatoms. The van der Waals surface area contributed by atoms with Crippen molar-refractivity contribution in [3.63, 3.8) is 0 Å². The second kappa shape index (κ2) is 6.88. The lowest BCUT2D eigenvalue weighted by atomic mass is 10.1. The summed E-state index contributed by atoms with van der Waals surface area (Å²) >= 11 is 0. The molecule has 0 aromatic carbocycles. The average molecular weight is 260 g/mol. The number of nitrogens with zero attached hydrogens (tertiary/aromatic N) is 1. The van der Waals surface area contributed by atoms with E-state index in [4.69, 9.17) is 9.84 Å². The van der Waals surface area contributed by atoms with Crippen molar-refractivity contribution in [3.05, 3.63) is 29.6 Å². The molecule has 2 N–H and O–H groups in total.